The Hall–Kier alpha value is -1.06. The van der Waals surface area contributed by atoms with Crippen molar-refractivity contribution in [3.05, 3.63) is 35.9 Å². The van der Waals surface area contributed by atoms with E-state index in [0.717, 1.165) is 45.3 Å². The first-order valence-electron chi connectivity index (χ1n) is 8.36. The molecule has 0 spiro atoms. The van der Waals surface area contributed by atoms with Crippen molar-refractivity contribution in [2.75, 3.05) is 19.6 Å². The highest BCUT2D eigenvalue weighted by Crippen LogP contribution is 2.41. The van der Waals surface area contributed by atoms with Crippen molar-refractivity contribution in [1.29, 1.82) is 0 Å². The summed E-state index contributed by atoms with van der Waals surface area (Å²) in [4.78, 5) is 12.9. The Balaban J connectivity index is 0.00000176. The van der Waals surface area contributed by atoms with Crippen LogP contribution in [0.4, 0.5) is 0 Å². The molecule has 1 heterocycles. The predicted octanol–water partition coefficient (Wildman–Crippen LogP) is 3.04. The highest BCUT2D eigenvalue weighted by molar-refractivity contribution is 5.88. The van der Waals surface area contributed by atoms with Gasteiger partial charge in [0.1, 0.15) is 0 Å². The summed E-state index contributed by atoms with van der Waals surface area (Å²) in [6, 6.07) is 10.4. The van der Waals surface area contributed by atoms with Crippen molar-refractivity contribution in [3.8, 4) is 0 Å². The second-order valence-corrected chi connectivity index (χ2v) is 6.58. The molecule has 22 heavy (non-hydrogen) atoms. The van der Waals surface area contributed by atoms with Crippen LogP contribution in [0.3, 0.4) is 0 Å². The molecule has 3 rings (SSSR count). The van der Waals surface area contributed by atoms with Gasteiger partial charge in [-0.2, -0.15) is 0 Å². The Kier molecular flexibility index (Phi) is 6.27. The van der Waals surface area contributed by atoms with E-state index in [1.165, 1.54) is 18.4 Å². The lowest BCUT2D eigenvalue weighted by molar-refractivity contribution is -0.126. The van der Waals surface area contributed by atoms with Gasteiger partial charge >= 0.3 is 0 Å². The number of benzene rings is 1. The van der Waals surface area contributed by atoms with Crippen molar-refractivity contribution in [3.63, 3.8) is 0 Å². The van der Waals surface area contributed by atoms with Crippen LogP contribution < -0.4 is 10.6 Å². The molecule has 0 bridgehead atoms. The van der Waals surface area contributed by atoms with E-state index < -0.39 is 0 Å². The van der Waals surface area contributed by atoms with Gasteiger partial charge in [-0.1, -0.05) is 43.2 Å². The maximum Gasteiger partial charge on any atom is 0.230 e. The summed E-state index contributed by atoms with van der Waals surface area (Å²) in [6.07, 6.45) is 6.76. The van der Waals surface area contributed by atoms with Crippen LogP contribution in [0.5, 0.6) is 0 Å². The number of carbonyl (C=O) groups excluding carboxylic acids is 1. The summed E-state index contributed by atoms with van der Waals surface area (Å²) < 4.78 is 0. The van der Waals surface area contributed by atoms with Gasteiger partial charge in [0.15, 0.2) is 0 Å². The summed E-state index contributed by atoms with van der Waals surface area (Å²) in [5, 5.41) is 6.67. The number of rotatable bonds is 4. The molecular formula is C18H27ClN2O. The third kappa shape index (κ3) is 3.64. The largest absolute Gasteiger partial charge is 0.355 e. The highest BCUT2D eigenvalue weighted by Gasteiger charge is 2.42. The Labute approximate surface area is 139 Å². The molecule has 1 aromatic carbocycles. The number of nitrogens with one attached hydrogen (secondary N) is 2. The van der Waals surface area contributed by atoms with Crippen molar-refractivity contribution < 1.29 is 4.79 Å². The van der Waals surface area contributed by atoms with Crippen LogP contribution >= 0.6 is 12.4 Å². The third-order valence-corrected chi connectivity index (χ3v) is 5.17. The van der Waals surface area contributed by atoms with E-state index in [9.17, 15) is 4.79 Å². The van der Waals surface area contributed by atoms with Gasteiger partial charge in [0.05, 0.1) is 5.41 Å². The lowest BCUT2D eigenvalue weighted by atomic mass is 9.78. The molecule has 122 valence electrons. The van der Waals surface area contributed by atoms with E-state index in [1.54, 1.807) is 0 Å². The van der Waals surface area contributed by atoms with Crippen molar-refractivity contribution in [2.24, 2.45) is 5.92 Å². The average molecular weight is 323 g/mol. The Morgan fingerprint density at radius 2 is 1.91 bits per heavy atom. The summed E-state index contributed by atoms with van der Waals surface area (Å²) in [6.45, 7) is 2.98. The van der Waals surface area contributed by atoms with Crippen LogP contribution in [-0.4, -0.2) is 25.5 Å². The number of hydrogen-bond acceptors (Lipinski definition) is 2. The van der Waals surface area contributed by atoms with Crippen LogP contribution in [-0.2, 0) is 10.2 Å². The topological polar surface area (TPSA) is 41.1 Å². The van der Waals surface area contributed by atoms with E-state index in [4.69, 9.17) is 0 Å². The van der Waals surface area contributed by atoms with E-state index in [-0.39, 0.29) is 23.7 Å². The average Bonchev–Trinajstić information content (AvgIpc) is 3.05. The van der Waals surface area contributed by atoms with Crippen LogP contribution in [0.1, 0.15) is 44.1 Å². The number of halogens is 1. The van der Waals surface area contributed by atoms with Gasteiger partial charge in [-0.15, -0.1) is 12.4 Å². The van der Waals surface area contributed by atoms with E-state index >= 15 is 0 Å². The number of piperidine rings is 1. The minimum atomic E-state index is -0.274. The zero-order valence-electron chi connectivity index (χ0n) is 13.1. The maximum atomic E-state index is 12.9. The van der Waals surface area contributed by atoms with Gasteiger partial charge in [-0.3, -0.25) is 4.79 Å². The molecule has 2 fully saturated rings. The monoisotopic (exact) mass is 322 g/mol. The highest BCUT2D eigenvalue weighted by atomic mass is 35.5. The van der Waals surface area contributed by atoms with Gasteiger partial charge < -0.3 is 10.6 Å². The van der Waals surface area contributed by atoms with Crippen LogP contribution in [0.25, 0.3) is 0 Å². The van der Waals surface area contributed by atoms with Crippen LogP contribution in [0, 0.1) is 5.92 Å². The first-order valence-corrected chi connectivity index (χ1v) is 8.36. The molecule has 3 nitrogen and oxygen atoms in total. The molecule has 1 amide bonds. The minimum absolute atomic E-state index is 0. The third-order valence-electron chi connectivity index (χ3n) is 5.17. The molecule has 0 aromatic heterocycles. The minimum Gasteiger partial charge on any atom is -0.355 e. The van der Waals surface area contributed by atoms with E-state index in [1.807, 2.05) is 18.2 Å². The van der Waals surface area contributed by atoms with Gasteiger partial charge in [-0.25, -0.2) is 0 Å². The van der Waals surface area contributed by atoms with Gasteiger partial charge in [0.2, 0.25) is 5.91 Å². The second-order valence-electron chi connectivity index (χ2n) is 6.58. The second kappa shape index (κ2) is 7.98. The normalized spacial score (nSPS) is 23.5. The van der Waals surface area contributed by atoms with E-state index in [2.05, 4.69) is 22.8 Å². The Morgan fingerprint density at radius 3 is 2.55 bits per heavy atom. The molecule has 2 aliphatic rings. The molecule has 2 N–H and O–H groups in total. The molecule has 1 saturated carbocycles. The molecule has 1 unspecified atom stereocenters. The van der Waals surface area contributed by atoms with Gasteiger partial charge in [0.25, 0.3) is 0 Å². The molecule has 4 heteroatoms. The van der Waals surface area contributed by atoms with Crippen molar-refractivity contribution in [1.82, 2.24) is 10.6 Å². The first-order chi connectivity index (χ1) is 10.3. The summed E-state index contributed by atoms with van der Waals surface area (Å²) in [7, 11) is 0. The molecule has 1 atom stereocenters. The number of amides is 1. The Morgan fingerprint density at radius 1 is 1.18 bits per heavy atom. The zero-order valence-corrected chi connectivity index (χ0v) is 14.0. The number of carbonyl (C=O) groups is 1. The van der Waals surface area contributed by atoms with Gasteiger partial charge in [-0.05, 0) is 50.3 Å². The molecule has 1 aromatic rings. The summed E-state index contributed by atoms with van der Waals surface area (Å²) >= 11 is 0. The fourth-order valence-electron chi connectivity index (χ4n) is 3.89. The number of hydrogen-bond donors (Lipinski definition) is 2. The van der Waals surface area contributed by atoms with E-state index in [0.29, 0.717) is 5.92 Å². The first kappa shape index (κ1) is 17.3. The SMILES string of the molecule is Cl.O=C(NCC1CCCNC1)C1(c2ccccc2)CCCC1. The predicted molar refractivity (Wildman–Crippen MR) is 92.4 cm³/mol. The van der Waals surface area contributed by atoms with Crippen LogP contribution in [0.15, 0.2) is 30.3 Å². The molecule has 1 aliphatic carbocycles. The fourth-order valence-corrected chi connectivity index (χ4v) is 3.89. The zero-order chi connectivity index (χ0) is 14.5. The van der Waals surface area contributed by atoms with Crippen LogP contribution in [0.2, 0.25) is 0 Å². The van der Waals surface area contributed by atoms with Crippen molar-refractivity contribution >= 4 is 18.3 Å². The maximum absolute atomic E-state index is 12.9. The molecular weight excluding hydrogens is 296 g/mol. The lowest BCUT2D eigenvalue weighted by Gasteiger charge is -2.30. The summed E-state index contributed by atoms with van der Waals surface area (Å²) in [5.41, 5.74) is 0.922. The fraction of sp³-hybridized carbons (Fsp3) is 0.611. The molecule has 1 saturated heterocycles. The quantitative estimate of drug-likeness (QED) is 0.894. The smallest absolute Gasteiger partial charge is 0.230 e. The Bertz CT molecular complexity index is 465. The standard InChI is InChI=1S/C18H26N2O.ClH/c21-17(20-14-15-7-6-12-19-13-15)18(10-4-5-11-18)16-8-2-1-3-9-16;/h1-3,8-9,15,19H,4-7,10-14H2,(H,20,21);1H. The van der Waals surface area contributed by atoms with Gasteiger partial charge in [0, 0.05) is 6.54 Å². The molecule has 1 aliphatic heterocycles. The van der Waals surface area contributed by atoms with Crippen molar-refractivity contribution in [2.45, 2.75) is 43.9 Å². The lowest BCUT2D eigenvalue weighted by Crippen LogP contribution is -2.46. The molecule has 0 radical (unpaired) electrons. The summed E-state index contributed by atoms with van der Waals surface area (Å²) in [5.74, 6) is 0.841.